The topological polar surface area (TPSA) is 12.0 Å². The summed E-state index contributed by atoms with van der Waals surface area (Å²) in [5.74, 6) is 8.61. The molecule has 3 rings (SSSR count). The first-order valence-corrected chi connectivity index (χ1v) is 6.49. The Hall–Kier alpha value is -2.40. The summed E-state index contributed by atoms with van der Waals surface area (Å²) in [5, 5.41) is 3.49. The summed E-state index contributed by atoms with van der Waals surface area (Å²) in [5.41, 5.74) is 3.51. The summed E-state index contributed by atoms with van der Waals surface area (Å²) < 4.78 is 0. The zero-order valence-electron chi connectivity index (χ0n) is 10.6. The minimum atomic E-state index is 0.297. The minimum Gasteiger partial charge on any atom is -0.423 e. The van der Waals surface area contributed by atoms with E-state index in [9.17, 15) is 0 Å². The van der Waals surface area contributed by atoms with Gasteiger partial charge in [0, 0.05) is 17.6 Å². The molecule has 19 heavy (non-hydrogen) atoms. The molecule has 0 atom stereocenters. The van der Waals surface area contributed by atoms with Gasteiger partial charge in [-0.15, -0.1) is 5.92 Å². The van der Waals surface area contributed by atoms with E-state index in [0.717, 1.165) is 11.9 Å². The Labute approximate surface area is 114 Å². The molecule has 0 amide bonds. The molecule has 1 heterocycles. The molecular weight excluding hydrogens is 229 g/mol. The molecule has 0 bridgehead atoms. The molecule has 0 radical (unpaired) electrons. The first kappa shape index (κ1) is 11.7. The highest BCUT2D eigenvalue weighted by atomic mass is 14.8. The molecule has 2 aromatic rings. The third-order valence-corrected chi connectivity index (χ3v) is 3.14. The van der Waals surface area contributed by atoms with Crippen molar-refractivity contribution in [1.29, 1.82) is 0 Å². The number of anilines is 1. The highest BCUT2D eigenvalue weighted by molar-refractivity contribution is 6.69. The molecule has 2 heteroatoms. The molecule has 0 saturated heterocycles. The summed E-state index contributed by atoms with van der Waals surface area (Å²) in [6.45, 7) is 0.297. The number of hydrogen-bond acceptors (Lipinski definition) is 1. The van der Waals surface area contributed by atoms with Crippen molar-refractivity contribution in [3.63, 3.8) is 0 Å². The van der Waals surface area contributed by atoms with Crippen molar-refractivity contribution >= 4 is 18.6 Å². The van der Waals surface area contributed by atoms with Crippen LogP contribution in [0.3, 0.4) is 0 Å². The average molecular weight is 243 g/mol. The van der Waals surface area contributed by atoms with Crippen LogP contribution in [0.15, 0.2) is 60.6 Å². The SMILES string of the molecule is C(#Cc1ccccc1)CB1C=Cc2ccccc2N1. The fraction of sp³-hybridized carbons (Fsp3) is 0.0588. The number of benzene rings is 2. The van der Waals surface area contributed by atoms with Crippen LogP contribution < -0.4 is 5.23 Å². The van der Waals surface area contributed by atoms with E-state index in [1.807, 2.05) is 30.3 Å². The molecular formula is C17H14BN. The fourth-order valence-corrected chi connectivity index (χ4v) is 2.15. The van der Waals surface area contributed by atoms with Crippen molar-refractivity contribution in [1.82, 2.24) is 0 Å². The van der Waals surface area contributed by atoms with Crippen LogP contribution in [0, 0.1) is 11.8 Å². The number of rotatable bonds is 1. The molecule has 0 aromatic heterocycles. The normalized spacial score (nSPS) is 12.1. The Kier molecular flexibility index (Phi) is 3.38. The Balaban J connectivity index is 1.66. The molecule has 1 N–H and O–H groups in total. The predicted octanol–water partition coefficient (Wildman–Crippen LogP) is 3.71. The van der Waals surface area contributed by atoms with Gasteiger partial charge in [-0.25, -0.2) is 0 Å². The zero-order valence-corrected chi connectivity index (χ0v) is 10.6. The number of fused-ring (bicyclic) bond motifs is 1. The molecule has 0 aliphatic carbocycles. The van der Waals surface area contributed by atoms with Gasteiger partial charge >= 0.3 is 0 Å². The highest BCUT2D eigenvalue weighted by Crippen LogP contribution is 2.21. The predicted molar refractivity (Wildman–Crippen MR) is 83.0 cm³/mol. The van der Waals surface area contributed by atoms with Gasteiger partial charge < -0.3 is 5.23 Å². The van der Waals surface area contributed by atoms with Gasteiger partial charge in [-0.3, -0.25) is 0 Å². The maximum absolute atomic E-state index is 3.49. The third kappa shape index (κ3) is 2.89. The van der Waals surface area contributed by atoms with E-state index in [2.05, 4.69) is 53.4 Å². The second kappa shape index (κ2) is 5.50. The van der Waals surface area contributed by atoms with E-state index in [0.29, 0.717) is 6.85 Å². The van der Waals surface area contributed by atoms with E-state index >= 15 is 0 Å². The second-order valence-corrected chi connectivity index (χ2v) is 4.57. The van der Waals surface area contributed by atoms with Crippen LogP contribution in [0.4, 0.5) is 5.69 Å². The first-order valence-electron chi connectivity index (χ1n) is 6.49. The minimum absolute atomic E-state index is 0.297. The maximum atomic E-state index is 3.49. The fourth-order valence-electron chi connectivity index (χ4n) is 2.15. The van der Waals surface area contributed by atoms with Gasteiger partial charge in [0.25, 0.3) is 6.85 Å². The molecule has 0 unspecified atom stereocenters. The summed E-state index contributed by atoms with van der Waals surface area (Å²) in [6.07, 6.45) is 2.99. The van der Waals surface area contributed by atoms with E-state index in [1.54, 1.807) is 0 Å². The monoisotopic (exact) mass is 243 g/mol. The Bertz CT molecular complexity index is 650. The molecule has 0 spiro atoms. The number of nitrogens with one attached hydrogen (secondary N) is 1. The lowest BCUT2D eigenvalue weighted by Crippen LogP contribution is -2.24. The second-order valence-electron chi connectivity index (χ2n) is 4.57. The lowest BCUT2D eigenvalue weighted by Gasteiger charge is -2.17. The lowest BCUT2D eigenvalue weighted by atomic mass is 9.57. The van der Waals surface area contributed by atoms with Gasteiger partial charge in [0.15, 0.2) is 0 Å². The van der Waals surface area contributed by atoms with E-state index < -0.39 is 0 Å². The van der Waals surface area contributed by atoms with Crippen LogP contribution in [-0.4, -0.2) is 6.85 Å². The van der Waals surface area contributed by atoms with Crippen LogP contribution in [0.25, 0.3) is 6.08 Å². The molecule has 1 nitrogen and oxygen atoms in total. The van der Waals surface area contributed by atoms with Gasteiger partial charge in [0.2, 0.25) is 0 Å². The van der Waals surface area contributed by atoms with Crippen LogP contribution in [0.5, 0.6) is 0 Å². The van der Waals surface area contributed by atoms with Crippen LogP contribution >= 0.6 is 0 Å². The Morgan fingerprint density at radius 3 is 2.63 bits per heavy atom. The van der Waals surface area contributed by atoms with Crippen molar-refractivity contribution in [3.8, 4) is 11.8 Å². The van der Waals surface area contributed by atoms with Gasteiger partial charge in [0.05, 0.1) is 0 Å². The summed E-state index contributed by atoms with van der Waals surface area (Å²) in [7, 11) is 0. The smallest absolute Gasteiger partial charge is 0.291 e. The summed E-state index contributed by atoms with van der Waals surface area (Å²) in [4.78, 5) is 0. The van der Waals surface area contributed by atoms with Crippen molar-refractivity contribution in [2.24, 2.45) is 0 Å². The molecule has 1 aliphatic heterocycles. The highest BCUT2D eigenvalue weighted by Gasteiger charge is 2.14. The van der Waals surface area contributed by atoms with Crippen molar-refractivity contribution < 1.29 is 0 Å². The van der Waals surface area contributed by atoms with Gasteiger partial charge in [-0.2, -0.15) is 0 Å². The molecule has 0 saturated carbocycles. The number of para-hydroxylation sites is 1. The Morgan fingerprint density at radius 2 is 1.74 bits per heavy atom. The maximum Gasteiger partial charge on any atom is 0.291 e. The summed E-state index contributed by atoms with van der Waals surface area (Å²) in [6, 6.07) is 18.4. The van der Waals surface area contributed by atoms with Crippen LogP contribution in [-0.2, 0) is 0 Å². The van der Waals surface area contributed by atoms with Crippen LogP contribution in [0.1, 0.15) is 11.1 Å². The van der Waals surface area contributed by atoms with Crippen molar-refractivity contribution in [2.45, 2.75) is 6.32 Å². The number of hydrogen-bond donors (Lipinski definition) is 1. The lowest BCUT2D eigenvalue weighted by molar-refractivity contribution is 1.56. The van der Waals surface area contributed by atoms with Crippen molar-refractivity contribution in [3.05, 3.63) is 71.7 Å². The van der Waals surface area contributed by atoms with E-state index in [-0.39, 0.29) is 0 Å². The van der Waals surface area contributed by atoms with Crippen LogP contribution in [0.2, 0.25) is 6.32 Å². The Morgan fingerprint density at radius 1 is 0.947 bits per heavy atom. The van der Waals surface area contributed by atoms with Crippen molar-refractivity contribution in [2.75, 3.05) is 5.23 Å². The third-order valence-electron chi connectivity index (χ3n) is 3.14. The van der Waals surface area contributed by atoms with E-state index in [4.69, 9.17) is 0 Å². The quantitative estimate of drug-likeness (QED) is 0.594. The van der Waals surface area contributed by atoms with E-state index in [1.165, 1.54) is 11.3 Å². The van der Waals surface area contributed by atoms with Gasteiger partial charge in [-0.1, -0.05) is 54.4 Å². The largest absolute Gasteiger partial charge is 0.423 e. The zero-order chi connectivity index (χ0) is 12.9. The molecule has 2 aromatic carbocycles. The standard InChI is InChI=1S/C17H14BN/c1-2-7-15(8-3-1)9-6-13-18-14-12-16-10-4-5-11-17(16)19-18/h1-5,7-8,10-12,14,19H,13H2. The summed E-state index contributed by atoms with van der Waals surface area (Å²) >= 11 is 0. The molecule has 90 valence electrons. The first-order chi connectivity index (χ1) is 9.42. The van der Waals surface area contributed by atoms with Gasteiger partial charge in [0.1, 0.15) is 0 Å². The molecule has 0 fully saturated rings. The molecule has 1 aliphatic rings. The van der Waals surface area contributed by atoms with Gasteiger partial charge in [-0.05, 0) is 23.8 Å². The average Bonchev–Trinajstić information content (AvgIpc) is 2.48.